The van der Waals surface area contributed by atoms with E-state index in [0.29, 0.717) is 12.1 Å². The second-order valence-corrected chi connectivity index (χ2v) is 3.08. The maximum absolute atomic E-state index is 12.3. The summed E-state index contributed by atoms with van der Waals surface area (Å²) in [6.45, 7) is 1.06. The third kappa shape index (κ3) is 2.14. The molecule has 1 aromatic carbocycles. The number of nitriles is 1. The molecule has 0 aliphatic rings. The van der Waals surface area contributed by atoms with Gasteiger partial charge in [0.25, 0.3) is 0 Å². The Morgan fingerprint density at radius 2 is 2.00 bits per heavy atom. The van der Waals surface area contributed by atoms with Gasteiger partial charge in [0.15, 0.2) is 5.78 Å². The van der Waals surface area contributed by atoms with Gasteiger partial charge in [-0.2, -0.15) is 18.4 Å². The fourth-order valence-electron chi connectivity index (χ4n) is 1.25. The lowest BCUT2D eigenvalue weighted by atomic mass is 10.0. The Hall–Kier alpha value is -2.03. The van der Waals surface area contributed by atoms with E-state index >= 15 is 0 Å². The summed E-state index contributed by atoms with van der Waals surface area (Å²) in [5, 5.41) is 17.9. The maximum atomic E-state index is 12.3. The first kappa shape index (κ1) is 12.0. The van der Waals surface area contributed by atoms with Gasteiger partial charge >= 0.3 is 6.18 Å². The maximum Gasteiger partial charge on any atom is 0.416 e. The largest absolute Gasteiger partial charge is 0.507 e. The molecule has 0 unspecified atom stereocenters. The van der Waals surface area contributed by atoms with Gasteiger partial charge < -0.3 is 5.11 Å². The van der Waals surface area contributed by atoms with Crippen LogP contribution >= 0.6 is 0 Å². The number of nitrogens with zero attached hydrogens (tertiary/aromatic N) is 1. The van der Waals surface area contributed by atoms with Crippen molar-refractivity contribution in [3.63, 3.8) is 0 Å². The zero-order chi connectivity index (χ0) is 12.5. The van der Waals surface area contributed by atoms with E-state index in [2.05, 4.69) is 0 Å². The summed E-state index contributed by atoms with van der Waals surface area (Å²) in [7, 11) is 0. The van der Waals surface area contributed by atoms with Crippen LogP contribution in [-0.4, -0.2) is 10.9 Å². The minimum atomic E-state index is -4.67. The van der Waals surface area contributed by atoms with Gasteiger partial charge in [-0.25, -0.2) is 0 Å². The van der Waals surface area contributed by atoms with E-state index in [4.69, 9.17) is 5.26 Å². The van der Waals surface area contributed by atoms with Crippen molar-refractivity contribution in [1.29, 1.82) is 5.26 Å². The molecular weight excluding hydrogens is 223 g/mol. The summed E-state index contributed by atoms with van der Waals surface area (Å²) < 4.78 is 36.9. The van der Waals surface area contributed by atoms with Crippen molar-refractivity contribution in [2.24, 2.45) is 0 Å². The molecule has 0 heterocycles. The summed E-state index contributed by atoms with van der Waals surface area (Å²) in [6, 6.07) is 2.42. The zero-order valence-corrected chi connectivity index (χ0v) is 8.09. The van der Waals surface area contributed by atoms with Crippen molar-refractivity contribution >= 4 is 5.78 Å². The minimum absolute atomic E-state index is 0.393. The van der Waals surface area contributed by atoms with Crippen LogP contribution in [0.15, 0.2) is 12.1 Å². The molecule has 0 fully saturated rings. The lowest BCUT2D eigenvalue weighted by Crippen LogP contribution is -2.07. The van der Waals surface area contributed by atoms with E-state index in [1.54, 1.807) is 0 Å². The molecule has 6 heteroatoms. The van der Waals surface area contributed by atoms with Crippen LogP contribution in [0.4, 0.5) is 13.2 Å². The van der Waals surface area contributed by atoms with Crippen molar-refractivity contribution in [3.8, 4) is 11.8 Å². The first-order chi connectivity index (χ1) is 7.27. The van der Waals surface area contributed by atoms with Crippen LogP contribution in [0.3, 0.4) is 0 Å². The fraction of sp³-hybridized carbons (Fsp3) is 0.200. The van der Waals surface area contributed by atoms with Crippen LogP contribution in [0.1, 0.15) is 28.4 Å². The quantitative estimate of drug-likeness (QED) is 0.752. The molecule has 1 rings (SSSR count). The van der Waals surface area contributed by atoms with Gasteiger partial charge in [0.2, 0.25) is 0 Å². The Bertz CT molecular complexity index is 486. The van der Waals surface area contributed by atoms with Crippen LogP contribution < -0.4 is 0 Å². The normalized spacial score (nSPS) is 10.9. The van der Waals surface area contributed by atoms with Crippen LogP contribution in [0.5, 0.6) is 5.75 Å². The minimum Gasteiger partial charge on any atom is -0.507 e. The van der Waals surface area contributed by atoms with Gasteiger partial charge in [-0.15, -0.1) is 0 Å². The number of phenolic OH excluding ortho intramolecular Hbond substituents is 1. The molecule has 0 saturated carbocycles. The summed E-state index contributed by atoms with van der Waals surface area (Å²) in [5.74, 6) is -1.50. The Kier molecular flexibility index (Phi) is 2.90. The standard InChI is InChI=1S/C10H6F3NO2/c1-5(15)9-6(4-14)2-7(3-8(9)16)10(11,12)13/h2-3,16H,1H3. The van der Waals surface area contributed by atoms with E-state index in [1.807, 2.05) is 0 Å². The first-order valence-electron chi connectivity index (χ1n) is 4.12. The Balaban J connectivity index is 3.52. The highest BCUT2D eigenvalue weighted by Crippen LogP contribution is 2.34. The number of hydrogen-bond donors (Lipinski definition) is 1. The molecule has 1 aromatic rings. The van der Waals surface area contributed by atoms with Crippen molar-refractivity contribution in [2.75, 3.05) is 0 Å². The molecule has 16 heavy (non-hydrogen) atoms. The number of carbonyl (C=O) groups excluding carboxylic acids is 1. The van der Waals surface area contributed by atoms with Crippen molar-refractivity contribution in [1.82, 2.24) is 0 Å². The zero-order valence-electron chi connectivity index (χ0n) is 8.09. The predicted octanol–water partition coefficient (Wildman–Crippen LogP) is 2.49. The lowest BCUT2D eigenvalue weighted by Gasteiger charge is -2.10. The van der Waals surface area contributed by atoms with E-state index in [0.717, 1.165) is 6.92 Å². The highest BCUT2D eigenvalue weighted by molar-refractivity contribution is 5.99. The topological polar surface area (TPSA) is 61.1 Å². The number of halogens is 3. The number of aromatic hydroxyl groups is 1. The molecule has 0 saturated heterocycles. The molecule has 0 spiro atoms. The molecule has 0 aliphatic carbocycles. The van der Waals surface area contributed by atoms with E-state index in [-0.39, 0.29) is 0 Å². The molecule has 1 N–H and O–H groups in total. The third-order valence-electron chi connectivity index (χ3n) is 1.92. The molecule has 3 nitrogen and oxygen atoms in total. The van der Waals surface area contributed by atoms with Crippen LogP contribution in [-0.2, 0) is 6.18 Å². The Morgan fingerprint density at radius 1 is 1.44 bits per heavy atom. The number of ketones is 1. The number of hydrogen-bond acceptors (Lipinski definition) is 3. The summed E-state index contributed by atoms with van der Waals surface area (Å²) in [6.07, 6.45) is -4.67. The van der Waals surface area contributed by atoms with Gasteiger partial charge in [-0.05, 0) is 19.1 Å². The molecule has 0 amide bonds. The van der Waals surface area contributed by atoms with Gasteiger partial charge in [-0.3, -0.25) is 4.79 Å². The van der Waals surface area contributed by atoms with Crippen molar-refractivity contribution in [2.45, 2.75) is 13.1 Å². The number of rotatable bonds is 1. The highest BCUT2D eigenvalue weighted by Gasteiger charge is 2.32. The SMILES string of the molecule is CC(=O)c1c(O)cc(C(F)(F)F)cc1C#N. The predicted molar refractivity (Wildman–Crippen MR) is 47.8 cm³/mol. The third-order valence-corrected chi connectivity index (χ3v) is 1.92. The second kappa shape index (κ2) is 3.85. The lowest BCUT2D eigenvalue weighted by molar-refractivity contribution is -0.137. The first-order valence-corrected chi connectivity index (χ1v) is 4.12. The van der Waals surface area contributed by atoms with Crippen molar-refractivity contribution < 1.29 is 23.1 Å². The van der Waals surface area contributed by atoms with Crippen LogP contribution in [0, 0.1) is 11.3 Å². The molecule has 0 atom stereocenters. The van der Waals surface area contributed by atoms with Crippen LogP contribution in [0.2, 0.25) is 0 Å². The fourth-order valence-corrected chi connectivity index (χ4v) is 1.25. The second-order valence-electron chi connectivity index (χ2n) is 3.08. The summed E-state index contributed by atoms with van der Waals surface area (Å²) in [5.41, 5.74) is -2.04. The molecule has 0 bridgehead atoms. The number of alkyl halides is 3. The average molecular weight is 229 g/mol. The average Bonchev–Trinajstić information content (AvgIpc) is 2.14. The monoisotopic (exact) mass is 229 g/mol. The van der Waals surface area contributed by atoms with E-state index in [1.165, 1.54) is 6.07 Å². The molecule has 0 aromatic heterocycles. The summed E-state index contributed by atoms with van der Waals surface area (Å²) >= 11 is 0. The Morgan fingerprint density at radius 3 is 2.38 bits per heavy atom. The van der Waals surface area contributed by atoms with Gasteiger partial charge in [0.05, 0.1) is 16.7 Å². The van der Waals surface area contributed by atoms with E-state index < -0.39 is 34.4 Å². The number of benzene rings is 1. The molecule has 0 radical (unpaired) electrons. The smallest absolute Gasteiger partial charge is 0.416 e. The number of phenols is 1. The highest BCUT2D eigenvalue weighted by atomic mass is 19.4. The summed E-state index contributed by atoms with van der Waals surface area (Å²) in [4.78, 5) is 11.0. The Labute approximate surface area is 88.7 Å². The molecule has 84 valence electrons. The number of Topliss-reactive ketones (excluding diaryl/α,β-unsaturated/α-hetero) is 1. The van der Waals surface area contributed by atoms with E-state index in [9.17, 15) is 23.1 Å². The molecule has 0 aliphatic heterocycles. The van der Waals surface area contributed by atoms with Crippen molar-refractivity contribution in [3.05, 3.63) is 28.8 Å². The van der Waals surface area contributed by atoms with Crippen LogP contribution in [0.25, 0.3) is 0 Å². The van der Waals surface area contributed by atoms with Gasteiger partial charge in [-0.1, -0.05) is 0 Å². The van der Waals surface area contributed by atoms with Gasteiger partial charge in [0.1, 0.15) is 11.8 Å². The van der Waals surface area contributed by atoms with Gasteiger partial charge in [0, 0.05) is 0 Å². The molecular formula is C10H6F3NO2. The number of carbonyl (C=O) groups is 1.